The van der Waals surface area contributed by atoms with E-state index < -0.39 is 17.5 Å². The molecule has 0 aromatic heterocycles. The van der Waals surface area contributed by atoms with Crippen LogP contribution in [0.15, 0.2) is 48.5 Å². The molecule has 0 radical (unpaired) electrons. The predicted molar refractivity (Wildman–Crippen MR) is 81.4 cm³/mol. The molecule has 3 nitrogen and oxygen atoms in total. The van der Waals surface area contributed by atoms with Crippen molar-refractivity contribution in [3.63, 3.8) is 0 Å². The van der Waals surface area contributed by atoms with Gasteiger partial charge in [-0.2, -0.15) is 0 Å². The first-order valence-electron chi connectivity index (χ1n) is 7.11. The van der Waals surface area contributed by atoms with Crippen molar-refractivity contribution < 1.29 is 14.0 Å². The molecule has 0 spiro atoms. The molecule has 4 heteroatoms. The number of rotatable bonds is 3. The van der Waals surface area contributed by atoms with Crippen molar-refractivity contribution in [2.24, 2.45) is 0 Å². The lowest BCUT2D eigenvalue weighted by Gasteiger charge is -2.26. The van der Waals surface area contributed by atoms with Crippen LogP contribution in [0.25, 0.3) is 0 Å². The maximum atomic E-state index is 15.0. The molecule has 22 heavy (non-hydrogen) atoms. The number of fused-ring (bicyclic) bond motifs is 1. The number of benzene rings is 2. The van der Waals surface area contributed by atoms with E-state index in [2.05, 4.69) is 0 Å². The van der Waals surface area contributed by atoms with Gasteiger partial charge < -0.3 is 0 Å². The van der Waals surface area contributed by atoms with Crippen molar-refractivity contribution in [1.82, 2.24) is 4.90 Å². The van der Waals surface area contributed by atoms with Gasteiger partial charge in [0, 0.05) is 0 Å². The van der Waals surface area contributed by atoms with Gasteiger partial charge in [-0.3, -0.25) is 14.5 Å². The highest BCUT2D eigenvalue weighted by Gasteiger charge is 2.40. The Bertz CT molecular complexity index is 715. The Morgan fingerprint density at radius 2 is 1.45 bits per heavy atom. The Hall–Kier alpha value is -2.49. The second kappa shape index (κ2) is 5.05. The van der Waals surface area contributed by atoms with Crippen molar-refractivity contribution >= 4 is 11.8 Å². The van der Waals surface area contributed by atoms with Gasteiger partial charge in [0.05, 0.1) is 17.7 Å². The average molecular weight is 297 g/mol. The van der Waals surface area contributed by atoms with Crippen LogP contribution in [0, 0.1) is 6.92 Å². The highest BCUT2D eigenvalue weighted by molar-refractivity contribution is 6.21. The zero-order valence-corrected chi connectivity index (χ0v) is 12.5. The van der Waals surface area contributed by atoms with Gasteiger partial charge in [0.25, 0.3) is 11.8 Å². The standard InChI is InChI=1S/C18H16FNO2/c1-12-7-9-13(10-8-12)18(2,19)11-20-16(21)14-5-3-4-6-15(14)17(20)22/h3-10H,11H2,1-2H3. The summed E-state index contributed by atoms with van der Waals surface area (Å²) in [6.07, 6.45) is 0. The summed E-state index contributed by atoms with van der Waals surface area (Å²) in [7, 11) is 0. The maximum Gasteiger partial charge on any atom is 0.261 e. The Kier molecular flexibility index (Phi) is 3.32. The zero-order chi connectivity index (χ0) is 15.9. The number of hydrogen-bond acceptors (Lipinski definition) is 2. The van der Waals surface area contributed by atoms with E-state index in [1.54, 1.807) is 36.4 Å². The van der Waals surface area contributed by atoms with E-state index in [0.29, 0.717) is 16.7 Å². The van der Waals surface area contributed by atoms with E-state index in [4.69, 9.17) is 0 Å². The third-order valence-corrected chi connectivity index (χ3v) is 3.99. The second-order valence-corrected chi connectivity index (χ2v) is 5.81. The summed E-state index contributed by atoms with van der Waals surface area (Å²) >= 11 is 0. The molecule has 0 aliphatic carbocycles. The smallest absolute Gasteiger partial charge is 0.261 e. The van der Waals surface area contributed by atoms with Gasteiger partial charge in [-0.15, -0.1) is 0 Å². The van der Waals surface area contributed by atoms with Crippen LogP contribution < -0.4 is 0 Å². The van der Waals surface area contributed by atoms with E-state index >= 15 is 4.39 Å². The van der Waals surface area contributed by atoms with Gasteiger partial charge in [0.2, 0.25) is 0 Å². The van der Waals surface area contributed by atoms with Gasteiger partial charge in [-0.1, -0.05) is 42.0 Å². The lowest BCUT2D eigenvalue weighted by molar-refractivity contribution is 0.0519. The number of nitrogens with zero attached hydrogens (tertiary/aromatic N) is 1. The minimum atomic E-state index is -1.79. The highest BCUT2D eigenvalue weighted by Crippen LogP contribution is 2.31. The Morgan fingerprint density at radius 1 is 0.955 bits per heavy atom. The molecule has 0 bridgehead atoms. The van der Waals surface area contributed by atoms with E-state index in [1.807, 2.05) is 19.1 Å². The molecule has 3 rings (SSSR count). The average Bonchev–Trinajstić information content (AvgIpc) is 2.73. The third-order valence-electron chi connectivity index (χ3n) is 3.99. The van der Waals surface area contributed by atoms with Crippen LogP contribution in [0.5, 0.6) is 0 Å². The predicted octanol–water partition coefficient (Wildman–Crippen LogP) is 3.48. The minimum absolute atomic E-state index is 0.289. The Balaban J connectivity index is 1.89. The summed E-state index contributed by atoms with van der Waals surface area (Å²) in [5, 5.41) is 0. The quantitative estimate of drug-likeness (QED) is 0.813. The Labute approximate surface area is 128 Å². The molecule has 2 aromatic rings. The SMILES string of the molecule is Cc1ccc(C(C)(F)CN2C(=O)c3ccccc3C2=O)cc1. The van der Waals surface area contributed by atoms with Crippen LogP contribution in [0.1, 0.15) is 38.8 Å². The molecular weight excluding hydrogens is 281 g/mol. The van der Waals surface area contributed by atoms with Crippen molar-refractivity contribution in [1.29, 1.82) is 0 Å². The topological polar surface area (TPSA) is 37.4 Å². The number of carbonyl (C=O) groups excluding carboxylic acids is 2. The fraction of sp³-hybridized carbons (Fsp3) is 0.222. The number of alkyl halides is 1. The first-order valence-corrected chi connectivity index (χ1v) is 7.11. The summed E-state index contributed by atoms with van der Waals surface area (Å²) in [5.74, 6) is -0.867. The fourth-order valence-electron chi connectivity index (χ4n) is 2.67. The molecule has 0 N–H and O–H groups in total. The van der Waals surface area contributed by atoms with E-state index in [9.17, 15) is 9.59 Å². The minimum Gasteiger partial charge on any atom is -0.271 e. The largest absolute Gasteiger partial charge is 0.271 e. The van der Waals surface area contributed by atoms with Gasteiger partial charge >= 0.3 is 0 Å². The van der Waals surface area contributed by atoms with Crippen LogP contribution in [0.3, 0.4) is 0 Å². The summed E-state index contributed by atoms with van der Waals surface area (Å²) in [6.45, 7) is 3.02. The first kappa shape index (κ1) is 14.4. The summed E-state index contributed by atoms with van der Waals surface area (Å²) in [5.41, 5.74) is 0.371. The van der Waals surface area contributed by atoms with Crippen LogP contribution in [-0.2, 0) is 5.67 Å². The lowest BCUT2D eigenvalue weighted by atomic mass is 9.96. The van der Waals surface area contributed by atoms with E-state index in [-0.39, 0.29) is 6.54 Å². The molecule has 2 aromatic carbocycles. The van der Waals surface area contributed by atoms with Gasteiger partial charge in [-0.05, 0) is 31.5 Å². The highest BCUT2D eigenvalue weighted by atomic mass is 19.1. The zero-order valence-electron chi connectivity index (χ0n) is 12.5. The fourth-order valence-corrected chi connectivity index (χ4v) is 2.67. The molecule has 1 heterocycles. The van der Waals surface area contributed by atoms with Crippen molar-refractivity contribution in [3.8, 4) is 0 Å². The number of hydrogen-bond donors (Lipinski definition) is 0. The third kappa shape index (κ3) is 2.30. The maximum absolute atomic E-state index is 15.0. The van der Waals surface area contributed by atoms with Gasteiger partial charge in [-0.25, -0.2) is 4.39 Å². The number of halogens is 1. The summed E-state index contributed by atoms with van der Waals surface area (Å²) in [4.78, 5) is 25.6. The van der Waals surface area contributed by atoms with Crippen LogP contribution in [-0.4, -0.2) is 23.3 Å². The van der Waals surface area contributed by atoms with Crippen molar-refractivity contribution in [2.75, 3.05) is 6.54 Å². The van der Waals surface area contributed by atoms with Gasteiger partial charge in [0.1, 0.15) is 0 Å². The molecule has 0 fully saturated rings. The monoisotopic (exact) mass is 297 g/mol. The summed E-state index contributed by atoms with van der Waals surface area (Å²) < 4.78 is 15.0. The number of imide groups is 1. The van der Waals surface area contributed by atoms with Crippen LogP contribution in [0.4, 0.5) is 4.39 Å². The number of amides is 2. The summed E-state index contributed by atoms with van der Waals surface area (Å²) in [6, 6.07) is 13.6. The number of aryl methyl sites for hydroxylation is 1. The van der Waals surface area contributed by atoms with E-state index in [0.717, 1.165) is 10.5 Å². The Morgan fingerprint density at radius 3 is 1.95 bits per heavy atom. The molecule has 1 aliphatic rings. The molecular formula is C18H16FNO2. The molecule has 1 unspecified atom stereocenters. The van der Waals surface area contributed by atoms with Crippen LogP contribution >= 0.6 is 0 Å². The number of carbonyl (C=O) groups is 2. The van der Waals surface area contributed by atoms with E-state index in [1.165, 1.54) is 6.92 Å². The molecule has 2 amide bonds. The molecule has 1 atom stereocenters. The first-order chi connectivity index (χ1) is 10.4. The van der Waals surface area contributed by atoms with Crippen molar-refractivity contribution in [2.45, 2.75) is 19.5 Å². The molecule has 1 aliphatic heterocycles. The molecule has 0 saturated carbocycles. The molecule has 0 saturated heterocycles. The second-order valence-electron chi connectivity index (χ2n) is 5.81. The lowest BCUT2D eigenvalue weighted by Crippen LogP contribution is -2.39. The van der Waals surface area contributed by atoms with Gasteiger partial charge in [0.15, 0.2) is 5.67 Å². The van der Waals surface area contributed by atoms with Crippen LogP contribution in [0.2, 0.25) is 0 Å². The normalized spacial score (nSPS) is 16.6. The molecule has 112 valence electrons. The van der Waals surface area contributed by atoms with Crippen molar-refractivity contribution in [3.05, 3.63) is 70.8 Å².